The molecule has 0 saturated carbocycles. The fourth-order valence-electron chi connectivity index (χ4n) is 1.24. The normalized spacial score (nSPS) is 9.75. The van der Waals surface area contributed by atoms with Gasteiger partial charge in [0.05, 0.1) is 11.0 Å². The monoisotopic (exact) mass is 214 g/mol. The third-order valence-electron chi connectivity index (χ3n) is 1.95. The molecule has 0 aliphatic carbocycles. The molecule has 0 aliphatic rings. The van der Waals surface area contributed by atoms with Gasteiger partial charge in [0.1, 0.15) is 11.5 Å². The summed E-state index contributed by atoms with van der Waals surface area (Å²) in [5.41, 5.74) is 0.0139. The van der Waals surface area contributed by atoms with Crippen LogP contribution in [0.15, 0.2) is 48.5 Å². The van der Waals surface area contributed by atoms with Gasteiger partial charge in [-0.1, -0.05) is 18.2 Å². The first-order chi connectivity index (χ1) is 7.75. The number of nitro groups is 1. The smallest absolute Gasteiger partial charge is 0.273 e. The topological polar surface area (TPSA) is 52.4 Å². The number of non-ortho nitro benzene ring substituents is 1. The van der Waals surface area contributed by atoms with Crippen molar-refractivity contribution in [1.29, 1.82) is 0 Å². The number of nitro benzene ring substituents is 1. The summed E-state index contributed by atoms with van der Waals surface area (Å²) in [4.78, 5) is 10.1. The van der Waals surface area contributed by atoms with Crippen LogP contribution in [0.4, 0.5) is 5.69 Å². The van der Waals surface area contributed by atoms with Crippen molar-refractivity contribution in [2.75, 3.05) is 0 Å². The summed E-state index contributed by atoms with van der Waals surface area (Å²) in [5.74, 6) is 1.07. The summed E-state index contributed by atoms with van der Waals surface area (Å²) in [5, 5.41) is 10.6. The van der Waals surface area contributed by atoms with Gasteiger partial charge in [-0.05, 0) is 24.3 Å². The van der Waals surface area contributed by atoms with Gasteiger partial charge in [-0.15, -0.1) is 0 Å². The maximum absolute atomic E-state index is 10.6. The zero-order chi connectivity index (χ0) is 11.4. The quantitative estimate of drug-likeness (QED) is 0.582. The maximum Gasteiger partial charge on any atom is 0.273 e. The number of ether oxygens (including phenoxy) is 1. The minimum absolute atomic E-state index is 0.0139. The van der Waals surface area contributed by atoms with Crippen LogP contribution in [0, 0.1) is 16.2 Å². The van der Waals surface area contributed by atoms with E-state index in [-0.39, 0.29) is 5.69 Å². The molecule has 0 aliphatic heterocycles. The first-order valence-electron chi connectivity index (χ1n) is 4.64. The third kappa shape index (κ3) is 2.36. The van der Waals surface area contributed by atoms with Crippen molar-refractivity contribution < 1.29 is 9.66 Å². The number of nitrogens with zero attached hydrogens (tertiary/aromatic N) is 1. The van der Waals surface area contributed by atoms with Gasteiger partial charge in [-0.2, -0.15) is 0 Å². The van der Waals surface area contributed by atoms with Crippen LogP contribution in [0.25, 0.3) is 0 Å². The average Bonchev–Trinajstić information content (AvgIpc) is 2.30. The van der Waals surface area contributed by atoms with Crippen LogP contribution in [0.2, 0.25) is 0 Å². The first-order valence-corrected chi connectivity index (χ1v) is 4.64. The highest BCUT2D eigenvalue weighted by molar-refractivity contribution is 5.40. The Morgan fingerprint density at radius 3 is 2.56 bits per heavy atom. The van der Waals surface area contributed by atoms with Crippen LogP contribution >= 0.6 is 0 Å². The highest BCUT2D eigenvalue weighted by Crippen LogP contribution is 2.24. The molecule has 0 bridgehead atoms. The number of rotatable bonds is 3. The lowest BCUT2D eigenvalue weighted by Crippen LogP contribution is -1.89. The van der Waals surface area contributed by atoms with E-state index in [1.54, 1.807) is 36.4 Å². The Kier molecular flexibility index (Phi) is 2.82. The molecule has 0 spiro atoms. The molecule has 0 unspecified atom stereocenters. The summed E-state index contributed by atoms with van der Waals surface area (Å²) in [6, 6.07) is 15.8. The number of hydrogen-bond donors (Lipinski definition) is 0. The van der Waals surface area contributed by atoms with Crippen molar-refractivity contribution in [3.63, 3.8) is 0 Å². The largest absolute Gasteiger partial charge is 0.457 e. The lowest BCUT2D eigenvalue weighted by atomic mass is 10.3. The molecule has 1 radical (unpaired) electrons. The van der Waals surface area contributed by atoms with Gasteiger partial charge in [0.25, 0.3) is 5.69 Å². The second-order valence-corrected chi connectivity index (χ2v) is 3.09. The fraction of sp³-hybridized carbons (Fsp3) is 0. The van der Waals surface area contributed by atoms with Gasteiger partial charge >= 0.3 is 0 Å². The summed E-state index contributed by atoms with van der Waals surface area (Å²) >= 11 is 0. The highest BCUT2D eigenvalue weighted by atomic mass is 16.6. The van der Waals surface area contributed by atoms with Crippen LogP contribution in [-0.2, 0) is 0 Å². The van der Waals surface area contributed by atoms with E-state index in [1.165, 1.54) is 12.1 Å². The predicted octanol–water partition coefficient (Wildman–Crippen LogP) is 3.19. The van der Waals surface area contributed by atoms with E-state index in [9.17, 15) is 10.1 Å². The van der Waals surface area contributed by atoms with Crippen molar-refractivity contribution in [1.82, 2.24) is 0 Å². The van der Waals surface area contributed by atoms with Gasteiger partial charge in [-0.3, -0.25) is 10.1 Å². The van der Waals surface area contributed by atoms with Crippen molar-refractivity contribution in [3.8, 4) is 11.5 Å². The van der Waals surface area contributed by atoms with Gasteiger partial charge in [-0.25, -0.2) is 0 Å². The highest BCUT2D eigenvalue weighted by Gasteiger charge is 2.06. The standard InChI is InChI=1S/C12H8NO3/c14-13(15)10-5-4-8-12(9-10)16-11-6-2-1-3-7-11/h2-9H. The summed E-state index contributed by atoms with van der Waals surface area (Å²) in [6.45, 7) is 0. The third-order valence-corrected chi connectivity index (χ3v) is 1.95. The Morgan fingerprint density at radius 2 is 1.88 bits per heavy atom. The minimum atomic E-state index is -0.453. The second kappa shape index (κ2) is 4.44. The predicted molar refractivity (Wildman–Crippen MR) is 58.4 cm³/mol. The molecule has 0 amide bonds. The van der Waals surface area contributed by atoms with Gasteiger partial charge in [0, 0.05) is 6.07 Å². The van der Waals surface area contributed by atoms with E-state index >= 15 is 0 Å². The van der Waals surface area contributed by atoms with Crippen LogP contribution < -0.4 is 4.74 Å². The molecule has 2 aromatic rings. The second-order valence-electron chi connectivity index (χ2n) is 3.09. The maximum atomic E-state index is 10.6. The van der Waals surface area contributed by atoms with Gasteiger partial charge < -0.3 is 4.74 Å². The molecule has 79 valence electrons. The van der Waals surface area contributed by atoms with Crippen LogP contribution in [0.1, 0.15) is 0 Å². The Balaban J connectivity index is 2.22. The first kappa shape index (κ1) is 10.2. The van der Waals surface area contributed by atoms with Crippen LogP contribution in [0.3, 0.4) is 0 Å². The zero-order valence-corrected chi connectivity index (χ0v) is 8.29. The van der Waals surface area contributed by atoms with Gasteiger partial charge in [0.15, 0.2) is 0 Å². The van der Waals surface area contributed by atoms with Crippen molar-refractivity contribution in [2.24, 2.45) is 0 Å². The molecule has 16 heavy (non-hydrogen) atoms. The number of hydrogen-bond acceptors (Lipinski definition) is 3. The number of benzene rings is 2. The Labute approximate surface area is 92.3 Å². The van der Waals surface area contributed by atoms with Crippen molar-refractivity contribution >= 4 is 5.69 Å². The lowest BCUT2D eigenvalue weighted by Gasteiger charge is -2.04. The minimum Gasteiger partial charge on any atom is -0.457 e. The Morgan fingerprint density at radius 1 is 1.12 bits per heavy atom. The molecule has 2 rings (SSSR count). The molecule has 0 heterocycles. The van der Waals surface area contributed by atoms with E-state index in [4.69, 9.17) is 4.74 Å². The zero-order valence-electron chi connectivity index (χ0n) is 8.29. The molecule has 0 aromatic heterocycles. The van der Waals surface area contributed by atoms with E-state index in [0.29, 0.717) is 11.5 Å². The van der Waals surface area contributed by atoms with Crippen LogP contribution in [0.5, 0.6) is 11.5 Å². The molecule has 0 N–H and O–H groups in total. The molecular weight excluding hydrogens is 206 g/mol. The van der Waals surface area contributed by atoms with Gasteiger partial charge in [0.2, 0.25) is 0 Å². The lowest BCUT2D eigenvalue weighted by molar-refractivity contribution is -0.384. The van der Waals surface area contributed by atoms with E-state index in [0.717, 1.165) is 0 Å². The molecule has 0 atom stereocenters. The molecule has 4 heteroatoms. The van der Waals surface area contributed by atoms with E-state index < -0.39 is 4.92 Å². The summed E-state index contributed by atoms with van der Waals surface area (Å²) < 4.78 is 5.44. The molecule has 4 nitrogen and oxygen atoms in total. The van der Waals surface area contributed by atoms with Crippen molar-refractivity contribution in [2.45, 2.75) is 0 Å². The SMILES string of the molecule is O=[N+]([O-])c1cccc(Oc2cc[c]cc2)c1. The molecular formula is C12H8NO3. The molecule has 2 aromatic carbocycles. The fourth-order valence-corrected chi connectivity index (χ4v) is 1.24. The Bertz CT molecular complexity index is 497. The average molecular weight is 214 g/mol. The summed E-state index contributed by atoms with van der Waals surface area (Å²) in [6.07, 6.45) is 0. The van der Waals surface area contributed by atoms with Crippen molar-refractivity contribution in [3.05, 3.63) is 64.7 Å². The van der Waals surface area contributed by atoms with Crippen LogP contribution in [-0.4, -0.2) is 4.92 Å². The van der Waals surface area contributed by atoms with E-state index in [2.05, 4.69) is 6.07 Å². The molecule has 0 fully saturated rings. The summed E-state index contributed by atoms with van der Waals surface area (Å²) in [7, 11) is 0. The van der Waals surface area contributed by atoms with E-state index in [1.807, 2.05) is 0 Å². The Hall–Kier alpha value is -2.36. The molecule has 0 saturated heterocycles.